The minimum Gasteiger partial charge on any atom is -0.321 e. The lowest BCUT2D eigenvalue weighted by Crippen LogP contribution is -2.44. The van der Waals surface area contributed by atoms with E-state index in [1.165, 1.54) is 6.42 Å². The van der Waals surface area contributed by atoms with Gasteiger partial charge in [-0.25, -0.2) is 4.79 Å². The van der Waals surface area contributed by atoms with Crippen LogP contribution in [0.15, 0.2) is 24.3 Å². The van der Waals surface area contributed by atoms with E-state index in [4.69, 9.17) is 16.9 Å². The second-order valence-corrected chi connectivity index (χ2v) is 5.77. The van der Waals surface area contributed by atoms with Crippen LogP contribution in [0.4, 0.5) is 10.5 Å². The number of nitriles is 1. The topological polar surface area (TPSA) is 56.1 Å². The highest BCUT2D eigenvalue weighted by Gasteiger charge is 2.25. The Morgan fingerprint density at radius 1 is 1.29 bits per heavy atom. The maximum atomic E-state index is 12.5. The van der Waals surface area contributed by atoms with Crippen molar-refractivity contribution in [3.05, 3.63) is 29.3 Å². The second-order valence-electron chi connectivity index (χ2n) is 5.33. The number of amides is 2. The summed E-state index contributed by atoms with van der Waals surface area (Å²) in [7, 11) is 0. The molecule has 0 radical (unpaired) electrons. The lowest BCUT2D eigenvalue weighted by Gasteiger charge is -2.34. The molecule has 2 amide bonds. The summed E-state index contributed by atoms with van der Waals surface area (Å²) in [6.45, 7) is 0.487. The molecule has 1 aliphatic carbocycles. The molecule has 1 aromatic carbocycles. The van der Waals surface area contributed by atoms with Gasteiger partial charge in [-0.3, -0.25) is 0 Å². The highest BCUT2D eigenvalue weighted by Crippen LogP contribution is 2.24. The third kappa shape index (κ3) is 4.64. The van der Waals surface area contributed by atoms with Gasteiger partial charge in [0.2, 0.25) is 0 Å². The van der Waals surface area contributed by atoms with Crippen LogP contribution in [0.3, 0.4) is 0 Å². The maximum Gasteiger partial charge on any atom is 0.322 e. The molecule has 0 unspecified atom stereocenters. The molecule has 0 spiro atoms. The number of hydrogen-bond acceptors (Lipinski definition) is 2. The van der Waals surface area contributed by atoms with E-state index in [0.717, 1.165) is 31.4 Å². The summed E-state index contributed by atoms with van der Waals surface area (Å²) in [5.41, 5.74) is 0.724. The normalized spacial score (nSPS) is 15.2. The van der Waals surface area contributed by atoms with Gasteiger partial charge in [-0.1, -0.05) is 30.9 Å². The minimum atomic E-state index is -0.125. The Balaban J connectivity index is 2.02. The lowest BCUT2D eigenvalue weighted by atomic mass is 9.94. The quantitative estimate of drug-likeness (QED) is 0.895. The molecule has 0 bridgehead atoms. The maximum absolute atomic E-state index is 12.5. The molecule has 1 aromatic rings. The van der Waals surface area contributed by atoms with Gasteiger partial charge in [0.1, 0.15) is 0 Å². The minimum absolute atomic E-state index is 0.125. The van der Waals surface area contributed by atoms with Gasteiger partial charge in [0.05, 0.1) is 12.5 Å². The fourth-order valence-electron chi connectivity index (χ4n) is 2.74. The molecular weight excluding hydrogens is 286 g/mol. The summed E-state index contributed by atoms with van der Waals surface area (Å²) in [4.78, 5) is 14.3. The van der Waals surface area contributed by atoms with E-state index in [2.05, 4.69) is 11.4 Å². The molecule has 0 heterocycles. The van der Waals surface area contributed by atoms with E-state index >= 15 is 0 Å². The van der Waals surface area contributed by atoms with Crippen LogP contribution in [0, 0.1) is 11.3 Å². The van der Waals surface area contributed by atoms with E-state index < -0.39 is 0 Å². The first kappa shape index (κ1) is 15.7. The second kappa shape index (κ2) is 7.90. The smallest absolute Gasteiger partial charge is 0.321 e. The van der Waals surface area contributed by atoms with Crippen molar-refractivity contribution < 1.29 is 4.79 Å². The number of urea groups is 1. The molecule has 0 aromatic heterocycles. The van der Waals surface area contributed by atoms with Crippen molar-refractivity contribution in [2.24, 2.45) is 0 Å². The molecule has 0 aliphatic heterocycles. The largest absolute Gasteiger partial charge is 0.322 e. The van der Waals surface area contributed by atoms with Crippen LogP contribution in [-0.4, -0.2) is 23.5 Å². The summed E-state index contributed by atoms with van der Waals surface area (Å²) in [5.74, 6) is 0. The van der Waals surface area contributed by atoms with Gasteiger partial charge < -0.3 is 10.2 Å². The number of hydrogen-bond donors (Lipinski definition) is 1. The van der Waals surface area contributed by atoms with Crippen LogP contribution in [0.1, 0.15) is 38.5 Å². The lowest BCUT2D eigenvalue weighted by molar-refractivity contribution is 0.169. The third-order valence-electron chi connectivity index (χ3n) is 3.84. The van der Waals surface area contributed by atoms with Gasteiger partial charge in [-0.2, -0.15) is 5.26 Å². The fourth-order valence-corrected chi connectivity index (χ4v) is 2.87. The average Bonchev–Trinajstić information content (AvgIpc) is 2.51. The SMILES string of the molecule is N#CCCN(C(=O)Nc1ccc(Cl)cc1)C1CCCCC1. The van der Waals surface area contributed by atoms with Crippen molar-refractivity contribution in [1.82, 2.24) is 4.90 Å². The number of carbonyl (C=O) groups excluding carboxylic acids is 1. The first-order valence-corrected chi connectivity index (χ1v) is 7.78. The van der Waals surface area contributed by atoms with Gasteiger partial charge in [-0.05, 0) is 37.1 Å². The van der Waals surface area contributed by atoms with E-state index in [-0.39, 0.29) is 12.1 Å². The number of nitrogens with one attached hydrogen (secondary N) is 1. The predicted molar refractivity (Wildman–Crippen MR) is 84.3 cm³/mol. The van der Waals surface area contributed by atoms with Crippen LogP contribution in [-0.2, 0) is 0 Å². The molecule has 1 N–H and O–H groups in total. The number of anilines is 1. The van der Waals surface area contributed by atoms with Crippen LogP contribution in [0.2, 0.25) is 5.02 Å². The van der Waals surface area contributed by atoms with Crippen molar-refractivity contribution in [2.75, 3.05) is 11.9 Å². The summed E-state index contributed by atoms with van der Waals surface area (Å²) < 4.78 is 0. The summed E-state index contributed by atoms with van der Waals surface area (Å²) >= 11 is 5.84. The Kier molecular flexibility index (Phi) is 5.89. The Bertz CT molecular complexity index is 503. The zero-order chi connectivity index (χ0) is 15.1. The van der Waals surface area contributed by atoms with Crippen LogP contribution in [0.5, 0.6) is 0 Å². The molecule has 0 saturated heterocycles. The molecule has 21 heavy (non-hydrogen) atoms. The molecule has 1 fully saturated rings. The van der Waals surface area contributed by atoms with Crippen molar-refractivity contribution in [1.29, 1.82) is 5.26 Å². The molecule has 2 rings (SSSR count). The predicted octanol–water partition coefficient (Wildman–Crippen LogP) is 4.42. The Hall–Kier alpha value is -1.73. The van der Waals surface area contributed by atoms with Gasteiger partial charge in [-0.15, -0.1) is 0 Å². The first-order chi connectivity index (χ1) is 10.2. The van der Waals surface area contributed by atoms with E-state index in [0.29, 0.717) is 18.0 Å². The zero-order valence-electron chi connectivity index (χ0n) is 12.0. The molecule has 1 aliphatic rings. The average molecular weight is 306 g/mol. The van der Waals surface area contributed by atoms with Crippen molar-refractivity contribution in [3.8, 4) is 6.07 Å². The molecule has 5 heteroatoms. The van der Waals surface area contributed by atoms with Crippen LogP contribution in [0.25, 0.3) is 0 Å². The zero-order valence-corrected chi connectivity index (χ0v) is 12.8. The Morgan fingerprint density at radius 2 is 1.95 bits per heavy atom. The van der Waals surface area contributed by atoms with Crippen molar-refractivity contribution in [3.63, 3.8) is 0 Å². The van der Waals surface area contributed by atoms with Crippen LogP contribution < -0.4 is 5.32 Å². The number of rotatable bonds is 4. The number of benzene rings is 1. The van der Waals surface area contributed by atoms with Gasteiger partial charge in [0.15, 0.2) is 0 Å². The molecule has 1 saturated carbocycles. The summed E-state index contributed by atoms with van der Waals surface area (Å²) in [6, 6.07) is 9.31. The monoisotopic (exact) mass is 305 g/mol. The third-order valence-corrected chi connectivity index (χ3v) is 4.09. The van der Waals surface area contributed by atoms with E-state index in [9.17, 15) is 4.79 Å². The Labute approximate surface area is 130 Å². The van der Waals surface area contributed by atoms with Crippen molar-refractivity contribution >= 4 is 23.3 Å². The number of halogens is 1. The van der Waals surface area contributed by atoms with Gasteiger partial charge in [0, 0.05) is 23.3 Å². The van der Waals surface area contributed by atoms with E-state index in [1.54, 1.807) is 24.3 Å². The number of carbonyl (C=O) groups is 1. The van der Waals surface area contributed by atoms with Gasteiger partial charge in [0.25, 0.3) is 0 Å². The Morgan fingerprint density at radius 3 is 2.57 bits per heavy atom. The molecule has 0 atom stereocenters. The molecule has 112 valence electrons. The van der Waals surface area contributed by atoms with Crippen molar-refractivity contribution in [2.45, 2.75) is 44.6 Å². The molecule has 4 nitrogen and oxygen atoms in total. The number of nitrogens with zero attached hydrogens (tertiary/aromatic N) is 2. The standard InChI is InChI=1S/C16H20ClN3O/c17-13-7-9-14(10-8-13)19-16(21)20(12-4-11-18)15-5-2-1-3-6-15/h7-10,15H,1-6,12H2,(H,19,21). The first-order valence-electron chi connectivity index (χ1n) is 7.41. The summed E-state index contributed by atoms with van der Waals surface area (Å²) in [5, 5.41) is 12.3. The van der Waals surface area contributed by atoms with Crippen LogP contribution >= 0.6 is 11.6 Å². The van der Waals surface area contributed by atoms with Gasteiger partial charge >= 0.3 is 6.03 Å². The highest BCUT2D eigenvalue weighted by molar-refractivity contribution is 6.30. The summed E-state index contributed by atoms with van der Waals surface area (Å²) in [6.07, 6.45) is 5.97. The fraction of sp³-hybridized carbons (Fsp3) is 0.500. The van der Waals surface area contributed by atoms with E-state index in [1.807, 2.05) is 4.90 Å². The molecular formula is C16H20ClN3O. The highest BCUT2D eigenvalue weighted by atomic mass is 35.5.